The van der Waals surface area contributed by atoms with E-state index in [-0.39, 0.29) is 24.8 Å². The van der Waals surface area contributed by atoms with E-state index in [1.807, 2.05) is 6.92 Å². The van der Waals surface area contributed by atoms with Crippen molar-refractivity contribution in [3.8, 4) is 0 Å². The van der Waals surface area contributed by atoms with Crippen LogP contribution in [0.5, 0.6) is 0 Å². The van der Waals surface area contributed by atoms with E-state index in [1.54, 1.807) is 21.0 Å². The Morgan fingerprint density at radius 1 is 1.26 bits per heavy atom. The van der Waals surface area contributed by atoms with Gasteiger partial charge in [-0.15, -0.1) is 0 Å². The molecule has 0 bridgehead atoms. The average molecular weight is 273 g/mol. The van der Waals surface area contributed by atoms with E-state index >= 15 is 0 Å². The molecule has 0 aromatic heterocycles. The van der Waals surface area contributed by atoms with Crippen molar-refractivity contribution in [1.29, 1.82) is 0 Å². The molecule has 2 atom stereocenters. The van der Waals surface area contributed by atoms with Gasteiger partial charge >= 0.3 is 12.0 Å². The molecule has 0 aliphatic rings. The van der Waals surface area contributed by atoms with E-state index in [4.69, 9.17) is 5.11 Å². The van der Waals surface area contributed by atoms with Crippen LogP contribution in [0.1, 0.15) is 26.7 Å². The third kappa shape index (κ3) is 6.64. The third-order valence-electron chi connectivity index (χ3n) is 2.89. The summed E-state index contributed by atoms with van der Waals surface area (Å²) in [5.41, 5.74) is 0. The number of aliphatic carboxylic acids is 1. The molecule has 0 saturated heterocycles. The first kappa shape index (κ1) is 17.2. The zero-order valence-electron chi connectivity index (χ0n) is 11.9. The van der Waals surface area contributed by atoms with Crippen LogP contribution < -0.4 is 10.6 Å². The molecule has 0 aromatic rings. The Bertz CT molecular complexity index is 331. The van der Waals surface area contributed by atoms with Crippen LogP contribution in [0.3, 0.4) is 0 Å². The molecule has 0 radical (unpaired) electrons. The molecule has 7 heteroatoms. The number of nitrogens with one attached hydrogen (secondary N) is 2. The van der Waals surface area contributed by atoms with Crippen LogP contribution in [0.4, 0.5) is 4.79 Å². The van der Waals surface area contributed by atoms with Crippen molar-refractivity contribution in [3.05, 3.63) is 0 Å². The Labute approximate surface area is 113 Å². The summed E-state index contributed by atoms with van der Waals surface area (Å²) in [5, 5.41) is 13.9. The number of carboxylic acid groups (broad SMARTS) is 1. The van der Waals surface area contributed by atoms with Crippen LogP contribution in [0, 0.1) is 5.92 Å². The highest BCUT2D eigenvalue weighted by molar-refractivity contribution is 5.83. The molecule has 0 heterocycles. The molecule has 0 spiro atoms. The molecule has 7 nitrogen and oxygen atoms in total. The summed E-state index contributed by atoms with van der Waals surface area (Å²) in [5.74, 6) is -1.32. The summed E-state index contributed by atoms with van der Waals surface area (Å²) in [6, 6.07) is -1.49. The fourth-order valence-corrected chi connectivity index (χ4v) is 1.38. The molecule has 0 aromatic carbocycles. The van der Waals surface area contributed by atoms with E-state index in [2.05, 4.69) is 10.6 Å². The first-order valence-corrected chi connectivity index (χ1v) is 6.26. The minimum absolute atomic E-state index is 0.1000. The van der Waals surface area contributed by atoms with Gasteiger partial charge in [0.25, 0.3) is 0 Å². The molecular formula is C12H23N3O4. The van der Waals surface area contributed by atoms with Gasteiger partial charge in [-0.05, 0) is 5.92 Å². The van der Waals surface area contributed by atoms with Crippen LogP contribution in [0.15, 0.2) is 0 Å². The molecule has 0 aliphatic heterocycles. The van der Waals surface area contributed by atoms with Crippen LogP contribution in [0.2, 0.25) is 0 Å². The van der Waals surface area contributed by atoms with Gasteiger partial charge in [0.1, 0.15) is 6.04 Å². The van der Waals surface area contributed by atoms with Gasteiger partial charge < -0.3 is 20.6 Å². The lowest BCUT2D eigenvalue weighted by Gasteiger charge is -2.20. The number of rotatable bonds is 7. The minimum Gasteiger partial charge on any atom is -0.480 e. The van der Waals surface area contributed by atoms with Gasteiger partial charge in [-0.1, -0.05) is 20.3 Å². The second-order valence-corrected chi connectivity index (χ2v) is 4.64. The molecule has 3 N–H and O–H groups in total. The van der Waals surface area contributed by atoms with E-state index in [1.165, 1.54) is 4.90 Å². The van der Waals surface area contributed by atoms with Crippen LogP contribution in [-0.4, -0.2) is 54.6 Å². The SMILES string of the molecule is CCC(C)C(NC(=O)NCCC(=O)N(C)C)C(=O)O. The van der Waals surface area contributed by atoms with Gasteiger partial charge in [0.2, 0.25) is 5.91 Å². The highest BCUT2D eigenvalue weighted by Crippen LogP contribution is 2.07. The average Bonchev–Trinajstić information content (AvgIpc) is 2.34. The topological polar surface area (TPSA) is 98.7 Å². The number of carboxylic acids is 1. The predicted molar refractivity (Wildman–Crippen MR) is 70.7 cm³/mol. The molecule has 0 aliphatic carbocycles. The van der Waals surface area contributed by atoms with Crippen molar-refractivity contribution in [3.63, 3.8) is 0 Å². The second kappa shape index (κ2) is 8.34. The Morgan fingerprint density at radius 2 is 1.84 bits per heavy atom. The second-order valence-electron chi connectivity index (χ2n) is 4.64. The lowest BCUT2D eigenvalue weighted by Crippen LogP contribution is -2.49. The number of nitrogens with zero attached hydrogens (tertiary/aromatic N) is 1. The monoisotopic (exact) mass is 273 g/mol. The largest absolute Gasteiger partial charge is 0.480 e. The summed E-state index contributed by atoms with van der Waals surface area (Å²) in [7, 11) is 3.26. The molecule has 0 fully saturated rings. The maximum absolute atomic E-state index is 11.5. The molecule has 3 amide bonds. The molecule has 19 heavy (non-hydrogen) atoms. The zero-order valence-corrected chi connectivity index (χ0v) is 11.9. The van der Waals surface area contributed by atoms with E-state index in [0.717, 1.165) is 0 Å². The lowest BCUT2D eigenvalue weighted by atomic mass is 9.99. The van der Waals surface area contributed by atoms with E-state index in [0.29, 0.717) is 6.42 Å². The summed E-state index contributed by atoms with van der Waals surface area (Å²) in [6.07, 6.45) is 0.831. The molecule has 110 valence electrons. The number of carbonyl (C=O) groups is 3. The lowest BCUT2D eigenvalue weighted by molar-refractivity contribution is -0.140. The van der Waals surface area contributed by atoms with Crippen LogP contribution in [-0.2, 0) is 9.59 Å². The van der Waals surface area contributed by atoms with Crippen molar-refractivity contribution in [2.24, 2.45) is 5.92 Å². The van der Waals surface area contributed by atoms with Gasteiger partial charge in [-0.25, -0.2) is 9.59 Å². The summed E-state index contributed by atoms with van der Waals surface area (Å²) in [6.45, 7) is 3.79. The van der Waals surface area contributed by atoms with Crippen molar-refractivity contribution < 1.29 is 19.5 Å². The van der Waals surface area contributed by atoms with Crippen molar-refractivity contribution >= 4 is 17.9 Å². The predicted octanol–water partition coefficient (Wildman–Crippen LogP) is 0.263. The summed E-state index contributed by atoms with van der Waals surface area (Å²) >= 11 is 0. The molecule has 2 unspecified atom stereocenters. The zero-order chi connectivity index (χ0) is 15.0. The highest BCUT2D eigenvalue weighted by atomic mass is 16.4. The number of hydrogen-bond donors (Lipinski definition) is 3. The van der Waals surface area contributed by atoms with Crippen molar-refractivity contribution in [2.45, 2.75) is 32.7 Å². The summed E-state index contributed by atoms with van der Waals surface area (Å²) < 4.78 is 0. The maximum atomic E-state index is 11.5. The fraction of sp³-hybridized carbons (Fsp3) is 0.750. The number of urea groups is 1. The summed E-state index contributed by atoms with van der Waals surface area (Å²) in [4.78, 5) is 35.2. The standard InChI is InChI=1S/C12H23N3O4/c1-5-8(2)10(11(17)18)14-12(19)13-7-6-9(16)15(3)4/h8,10H,5-7H2,1-4H3,(H,17,18)(H2,13,14,19). The smallest absolute Gasteiger partial charge is 0.326 e. The number of hydrogen-bond acceptors (Lipinski definition) is 3. The quantitative estimate of drug-likeness (QED) is 0.619. The van der Waals surface area contributed by atoms with Gasteiger partial charge in [0.15, 0.2) is 0 Å². The van der Waals surface area contributed by atoms with E-state index in [9.17, 15) is 14.4 Å². The maximum Gasteiger partial charge on any atom is 0.326 e. The van der Waals surface area contributed by atoms with Gasteiger partial charge in [-0.2, -0.15) is 0 Å². The van der Waals surface area contributed by atoms with Crippen LogP contribution >= 0.6 is 0 Å². The van der Waals surface area contributed by atoms with E-state index < -0.39 is 18.0 Å². The van der Waals surface area contributed by atoms with Crippen molar-refractivity contribution in [1.82, 2.24) is 15.5 Å². The minimum atomic E-state index is -1.06. The Balaban J connectivity index is 4.14. The van der Waals surface area contributed by atoms with Gasteiger partial charge in [-0.3, -0.25) is 4.79 Å². The Kier molecular flexibility index (Phi) is 7.55. The molecular weight excluding hydrogens is 250 g/mol. The Morgan fingerprint density at radius 3 is 2.26 bits per heavy atom. The Hall–Kier alpha value is -1.79. The van der Waals surface area contributed by atoms with Crippen molar-refractivity contribution in [2.75, 3.05) is 20.6 Å². The third-order valence-corrected chi connectivity index (χ3v) is 2.89. The van der Waals surface area contributed by atoms with Gasteiger partial charge in [0, 0.05) is 27.1 Å². The highest BCUT2D eigenvalue weighted by Gasteiger charge is 2.25. The first-order valence-electron chi connectivity index (χ1n) is 6.26. The number of carbonyl (C=O) groups excluding carboxylic acids is 2. The fourth-order valence-electron chi connectivity index (χ4n) is 1.38. The first-order chi connectivity index (χ1) is 8.79. The van der Waals surface area contributed by atoms with Gasteiger partial charge in [0.05, 0.1) is 0 Å². The number of amides is 3. The molecule has 0 saturated carbocycles. The molecule has 0 rings (SSSR count). The normalized spacial score (nSPS) is 13.3. The van der Waals surface area contributed by atoms with Crippen LogP contribution in [0.25, 0.3) is 0 Å².